The normalized spacial score (nSPS) is 19.8. The van der Waals surface area contributed by atoms with Gasteiger partial charge in [-0.15, -0.1) is 0 Å². The third kappa shape index (κ3) is 2.82. The quantitative estimate of drug-likeness (QED) is 0.552. The maximum Gasteiger partial charge on any atom is 0.180 e. The van der Waals surface area contributed by atoms with E-state index in [4.69, 9.17) is 4.42 Å². The Balaban J connectivity index is 1.28. The molecule has 8 nitrogen and oxygen atoms in total. The van der Waals surface area contributed by atoms with Gasteiger partial charge >= 0.3 is 0 Å². The fraction of sp³-hybridized carbons (Fsp3) is 0.316. The Hall–Kier alpha value is -2.94. The largest absolute Gasteiger partial charge is 0.463 e. The zero-order valence-corrected chi connectivity index (χ0v) is 16.1. The molecule has 1 saturated carbocycles. The van der Waals surface area contributed by atoms with E-state index in [1.807, 2.05) is 19.3 Å². The van der Waals surface area contributed by atoms with Gasteiger partial charge in [-0.05, 0) is 24.8 Å². The van der Waals surface area contributed by atoms with E-state index < -0.39 is 9.84 Å². The summed E-state index contributed by atoms with van der Waals surface area (Å²) in [5.41, 5.74) is 1.95. The van der Waals surface area contributed by atoms with Gasteiger partial charge < -0.3 is 14.3 Å². The van der Waals surface area contributed by atoms with E-state index >= 15 is 0 Å². The standard InChI is InChI=1S/C19H19N5O3S/c1-24(19-15-2-4-20-18(15)22-11-23-19)13-6-12(7-13)10-28(25,26)14-8-17-16(21-9-14)3-5-27-17/h2-5,8-9,11-13H,6-7,10H2,1H3,(H,20,22,23)/t12-,13+. The van der Waals surface area contributed by atoms with Gasteiger partial charge in [0.2, 0.25) is 0 Å². The molecule has 4 aromatic rings. The second-order valence-corrected chi connectivity index (χ2v) is 9.33. The number of H-pyrrole nitrogens is 1. The van der Waals surface area contributed by atoms with E-state index in [1.54, 1.807) is 18.5 Å². The van der Waals surface area contributed by atoms with E-state index in [-0.39, 0.29) is 22.6 Å². The summed E-state index contributed by atoms with van der Waals surface area (Å²) < 4.78 is 30.8. The van der Waals surface area contributed by atoms with E-state index in [2.05, 4.69) is 24.8 Å². The number of fused-ring (bicyclic) bond motifs is 2. The molecule has 0 radical (unpaired) electrons. The Morgan fingerprint density at radius 3 is 2.96 bits per heavy atom. The molecule has 4 heterocycles. The van der Waals surface area contributed by atoms with Crippen molar-refractivity contribution in [3.8, 4) is 0 Å². The molecule has 0 amide bonds. The molecular weight excluding hydrogens is 378 g/mol. The Morgan fingerprint density at radius 1 is 1.25 bits per heavy atom. The Labute approximate surface area is 161 Å². The lowest BCUT2D eigenvalue weighted by Crippen LogP contribution is -2.45. The number of aromatic nitrogens is 4. The molecule has 0 atom stereocenters. The van der Waals surface area contributed by atoms with Crippen LogP contribution in [-0.4, -0.2) is 47.2 Å². The van der Waals surface area contributed by atoms with E-state index in [0.29, 0.717) is 11.1 Å². The molecule has 4 aromatic heterocycles. The van der Waals surface area contributed by atoms with Gasteiger partial charge in [0.05, 0.1) is 22.3 Å². The second kappa shape index (κ2) is 6.30. The molecule has 0 bridgehead atoms. The number of nitrogens with one attached hydrogen (secondary N) is 1. The molecule has 0 aromatic carbocycles. The number of nitrogens with zero attached hydrogens (tertiary/aromatic N) is 4. The number of hydrogen-bond donors (Lipinski definition) is 1. The van der Waals surface area contributed by atoms with Crippen molar-refractivity contribution < 1.29 is 12.8 Å². The molecule has 144 valence electrons. The minimum atomic E-state index is -3.40. The van der Waals surface area contributed by atoms with Crippen LogP contribution in [0, 0.1) is 5.92 Å². The lowest BCUT2D eigenvalue weighted by molar-refractivity contribution is 0.282. The molecule has 0 spiro atoms. The first kappa shape index (κ1) is 17.2. The zero-order chi connectivity index (χ0) is 19.3. The number of aromatic amines is 1. The van der Waals surface area contributed by atoms with E-state index in [0.717, 1.165) is 29.7 Å². The number of furan rings is 1. The highest BCUT2D eigenvalue weighted by Crippen LogP contribution is 2.36. The van der Waals surface area contributed by atoms with Crippen LogP contribution in [0.3, 0.4) is 0 Å². The Kier molecular flexibility index (Phi) is 3.87. The smallest absolute Gasteiger partial charge is 0.180 e. The molecule has 1 fully saturated rings. The van der Waals surface area contributed by atoms with Gasteiger partial charge in [0.1, 0.15) is 23.3 Å². The highest BCUT2D eigenvalue weighted by atomic mass is 32.2. The lowest BCUT2D eigenvalue weighted by Gasteiger charge is -2.41. The summed E-state index contributed by atoms with van der Waals surface area (Å²) in [5, 5.41) is 0.971. The summed E-state index contributed by atoms with van der Waals surface area (Å²) >= 11 is 0. The molecule has 0 unspecified atom stereocenters. The van der Waals surface area contributed by atoms with Gasteiger partial charge in [0.15, 0.2) is 15.4 Å². The van der Waals surface area contributed by atoms with Crippen molar-refractivity contribution in [2.24, 2.45) is 5.92 Å². The minimum absolute atomic E-state index is 0.119. The number of anilines is 1. The predicted molar refractivity (Wildman–Crippen MR) is 105 cm³/mol. The first-order valence-corrected chi connectivity index (χ1v) is 10.7. The van der Waals surface area contributed by atoms with Crippen LogP contribution in [0.4, 0.5) is 5.82 Å². The van der Waals surface area contributed by atoms with Crippen LogP contribution in [0.5, 0.6) is 0 Å². The highest BCUT2D eigenvalue weighted by molar-refractivity contribution is 7.91. The molecule has 28 heavy (non-hydrogen) atoms. The molecule has 0 aliphatic heterocycles. The first-order chi connectivity index (χ1) is 13.5. The summed E-state index contributed by atoms with van der Waals surface area (Å²) in [4.78, 5) is 18.2. The monoisotopic (exact) mass is 397 g/mol. The summed E-state index contributed by atoms with van der Waals surface area (Å²) in [7, 11) is -1.40. The molecule has 1 aliphatic carbocycles. The Morgan fingerprint density at radius 2 is 2.11 bits per heavy atom. The molecule has 1 N–H and O–H groups in total. The van der Waals surface area contributed by atoms with Crippen molar-refractivity contribution in [1.29, 1.82) is 0 Å². The van der Waals surface area contributed by atoms with Crippen molar-refractivity contribution in [2.75, 3.05) is 17.7 Å². The van der Waals surface area contributed by atoms with Crippen LogP contribution >= 0.6 is 0 Å². The maximum absolute atomic E-state index is 12.8. The van der Waals surface area contributed by atoms with Gasteiger partial charge in [0, 0.05) is 37.6 Å². The number of hydrogen-bond acceptors (Lipinski definition) is 7. The molecule has 9 heteroatoms. The third-order valence-electron chi connectivity index (χ3n) is 5.52. The predicted octanol–water partition coefficient (Wildman–Crippen LogP) is 2.79. The number of pyridine rings is 1. The minimum Gasteiger partial charge on any atom is -0.463 e. The van der Waals surface area contributed by atoms with E-state index in [9.17, 15) is 8.42 Å². The Bertz CT molecular complexity index is 1260. The molecular formula is C19H19N5O3S. The van der Waals surface area contributed by atoms with Crippen molar-refractivity contribution >= 4 is 37.8 Å². The van der Waals surface area contributed by atoms with Crippen LogP contribution in [0.15, 0.2) is 52.5 Å². The van der Waals surface area contributed by atoms with Gasteiger partial charge in [-0.1, -0.05) is 0 Å². The van der Waals surface area contributed by atoms with Crippen LogP contribution in [0.25, 0.3) is 22.1 Å². The molecule has 5 rings (SSSR count). The zero-order valence-electron chi connectivity index (χ0n) is 15.2. The SMILES string of the molecule is CN(c1ncnc2[nH]ccc12)[C@H]1C[C@@H](CS(=O)(=O)c2cnc3ccoc3c2)C1. The van der Waals surface area contributed by atoms with Gasteiger partial charge in [-0.25, -0.2) is 18.4 Å². The van der Waals surface area contributed by atoms with Gasteiger partial charge in [0.25, 0.3) is 0 Å². The van der Waals surface area contributed by atoms with Crippen molar-refractivity contribution in [3.05, 3.63) is 43.2 Å². The van der Waals surface area contributed by atoms with Crippen LogP contribution in [0.2, 0.25) is 0 Å². The second-order valence-electron chi connectivity index (χ2n) is 7.30. The first-order valence-electron chi connectivity index (χ1n) is 9.08. The fourth-order valence-corrected chi connectivity index (χ4v) is 5.46. The van der Waals surface area contributed by atoms with Gasteiger partial charge in [-0.3, -0.25) is 4.98 Å². The maximum atomic E-state index is 12.8. The molecule has 0 saturated heterocycles. The van der Waals surface area contributed by atoms with Crippen LogP contribution in [0.1, 0.15) is 12.8 Å². The average Bonchev–Trinajstić information content (AvgIpc) is 3.31. The summed E-state index contributed by atoms with van der Waals surface area (Å²) in [6, 6.07) is 5.49. The van der Waals surface area contributed by atoms with E-state index in [1.165, 1.54) is 12.5 Å². The summed E-state index contributed by atoms with van der Waals surface area (Å²) in [6.07, 6.45) is 7.93. The lowest BCUT2D eigenvalue weighted by atomic mass is 9.81. The van der Waals surface area contributed by atoms with Crippen molar-refractivity contribution in [3.63, 3.8) is 0 Å². The molecule has 1 aliphatic rings. The third-order valence-corrected chi connectivity index (χ3v) is 7.37. The van der Waals surface area contributed by atoms with Crippen molar-refractivity contribution in [2.45, 2.75) is 23.8 Å². The highest BCUT2D eigenvalue weighted by Gasteiger charge is 2.36. The topological polar surface area (TPSA) is 105 Å². The van der Waals surface area contributed by atoms with Crippen LogP contribution in [-0.2, 0) is 9.84 Å². The van der Waals surface area contributed by atoms with Gasteiger partial charge in [-0.2, -0.15) is 0 Å². The summed E-state index contributed by atoms with van der Waals surface area (Å²) in [6.45, 7) is 0. The van der Waals surface area contributed by atoms with Crippen molar-refractivity contribution in [1.82, 2.24) is 19.9 Å². The van der Waals surface area contributed by atoms with Crippen LogP contribution < -0.4 is 4.90 Å². The summed E-state index contributed by atoms with van der Waals surface area (Å²) in [5.74, 6) is 1.10. The number of rotatable bonds is 5. The average molecular weight is 397 g/mol. The fourth-order valence-electron chi connectivity index (χ4n) is 3.87. The number of sulfone groups is 1.